The van der Waals surface area contributed by atoms with Crippen LogP contribution < -0.4 is 5.32 Å². The molecule has 0 fully saturated rings. The molecule has 0 saturated carbocycles. The van der Waals surface area contributed by atoms with Crippen LogP contribution in [-0.2, 0) is 0 Å². The van der Waals surface area contributed by atoms with Gasteiger partial charge in [0.2, 0.25) is 0 Å². The molecule has 2 N–H and O–H groups in total. The summed E-state index contributed by atoms with van der Waals surface area (Å²) in [4.78, 5) is 16.8. The van der Waals surface area contributed by atoms with E-state index in [1.165, 1.54) is 0 Å². The average Bonchev–Trinajstić information content (AvgIpc) is 3.14. The molecule has 0 aliphatic rings. The van der Waals surface area contributed by atoms with Crippen molar-refractivity contribution in [2.75, 3.05) is 6.54 Å². The van der Waals surface area contributed by atoms with Crippen LogP contribution >= 0.6 is 0 Å². The van der Waals surface area contributed by atoms with Gasteiger partial charge in [-0.1, -0.05) is 25.1 Å². The molecule has 1 aromatic carbocycles. The van der Waals surface area contributed by atoms with Gasteiger partial charge >= 0.3 is 0 Å². The summed E-state index contributed by atoms with van der Waals surface area (Å²) < 4.78 is 0. The Balaban J connectivity index is 1.99. The number of H-pyrrole nitrogens is 1. The van der Waals surface area contributed by atoms with E-state index in [0.29, 0.717) is 17.8 Å². The van der Waals surface area contributed by atoms with Crippen LogP contribution in [0.15, 0.2) is 54.9 Å². The van der Waals surface area contributed by atoms with E-state index >= 15 is 0 Å². The largest absolute Gasteiger partial charge is 0.352 e. The molecule has 0 bridgehead atoms. The van der Waals surface area contributed by atoms with Gasteiger partial charge in [-0.05, 0) is 30.7 Å². The molecule has 3 aromatic rings. The number of benzene rings is 1. The smallest absolute Gasteiger partial charge is 0.253 e. The topological polar surface area (TPSA) is 70.7 Å². The summed E-state index contributed by atoms with van der Waals surface area (Å²) in [5, 5.41) is 9.83. The van der Waals surface area contributed by atoms with E-state index in [2.05, 4.69) is 20.5 Å². The van der Waals surface area contributed by atoms with Gasteiger partial charge in [0.15, 0.2) is 0 Å². The Bertz CT molecular complexity index is 796. The molecule has 23 heavy (non-hydrogen) atoms. The summed E-state index contributed by atoms with van der Waals surface area (Å²) >= 11 is 0. The number of rotatable bonds is 5. The molecular weight excluding hydrogens is 288 g/mol. The van der Waals surface area contributed by atoms with Crippen molar-refractivity contribution >= 4 is 5.91 Å². The number of amides is 1. The molecule has 1 amide bonds. The van der Waals surface area contributed by atoms with Gasteiger partial charge in [0.05, 0.1) is 17.0 Å². The minimum absolute atomic E-state index is 0.0955. The molecule has 0 radical (unpaired) electrons. The van der Waals surface area contributed by atoms with E-state index in [4.69, 9.17) is 0 Å². The zero-order chi connectivity index (χ0) is 16.1. The van der Waals surface area contributed by atoms with Gasteiger partial charge < -0.3 is 5.32 Å². The van der Waals surface area contributed by atoms with Crippen molar-refractivity contribution in [2.45, 2.75) is 13.3 Å². The predicted molar refractivity (Wildman–Crippen MR) is 89.9 cm³/mol. The Morgan fingerprint density at radius 2 is 2.00 bits per heavy atom. The van der Waals surface area contributed by atoms with Crippen molar-refractivity contribution in [3.63, 3.8) is 0 Å². The van der Waals surface area contributed by atoms with Crippen LogP contribution in [0.4, 0.5) is 0 Å². The Hall–Kier alpha value is -2.95. The van der Waals surface area contributed by atoms with E-state index in [9.17, 15) is 4.79 Å². The highest BCUT2D eigenvalue weighted by Crippen LogP contribution is 2.26. The monoisotopic (exact) mass is 306 g/mol. The summed E-state index contributed by atoms with van der Waals surface area (Å²) in [6.07, 6.45) is 4.32. The lowest BCUT2D eigenvalue weighted by Gasteiger charge is -2.10. The molecule has 0 aliphatic carbocycles. The maximum Gasteiger partial charge on any atom is 0.253 e. The third-order valence-electron chi connectivity index (χ3n) is 3.54. The second-order valence-electron chi connectivity index (χ2n) is 5.21. The predicted octanol–water partition coefficient (Wildman–Crippen LogP) is 3.28. The molecular formula is C18H18N4O. The number of hydrogen-bond donors (Lipinski definition) is 2. The molecule has 0 spiro atoms. The molecule has 0 saturated heterocycles. The number of carbonyl (C=O) groups excluding carboxylic acids is 1. The third-order valence-corrected chi connectivity index (χ3v) is 3.54. The molecule has 5 heteroatoms. The van der Waals surface area contributed by atoms with Gasteiger partial charge in [-0.25, -0.2) is 0 Å². The third kappa shape index (κ3) is 3.29. The fourth-order valence-corrected chi connectivity index (χ4v) is 2.40. The quantitative estimate of drug-likeness (QED) is 0.760. The van der Waals surface area contributed by atoms with Crippen molar-refractivity contribution in [3.8, 4) is 22.5 Å². The summed E-state index contributed by atoms with van der Waals surface area (Å²) in [6, 6.07) is 13.4. The zero-order valence-corrected chi connectivity index (χ0v) is 12.9. The number of hydrogen-bond acceptors (Lipinski definition) is 3. The summed E-state index contributed by atoms with van der Waals surface area (Å²) in [5.74, 6) is -0.0955. The molecule has 0 atom stereocenters. The Kier molecular flexibility index (Phi) is 4.47. The maximum absolute atomic E-state index is 12.3. The highest BCUT2D eigenvalue weighted by Gasteiger charge is 2.13. The van der Waals surface area contributed by atoms with Crippen LogP contribution in [0.2, 0.25) is 0 Å². The van der Waals surface area contributed by atoms with Crippen LogP contribution in [0, 0.1) is 0 Å². The minimum Gasteiger partial charge on any atom is -0.352 e. The molecule has 3 rings (SSSR count). The number of nitrogens with one attached hydrogen (secondary N) is 2. The lowest BCUT2D eigenvalue weighted by molar-refractivity contribution is 0.0954. The van der Waals surface area contributed by atoms with Crippen LogP contribution in [-0.4, -0.2) is 27.6 Å². The van der Waals surface area contributed by atoms with Gasteiger partial charge in [-0.2, -0.15) is 5.10 Å². The van der Waals surface area contributed by atoms with Crippen molar-refractivity contribution in [1.82, 2.24) is 20.5 Å². The first-order valence-corrected chi connectivity index (χ1v) is 7.63. The first-order chi connectivity index (χ1) is 11.3. The number of aromatic amines is 1. The molecule has 5 nitrogen and oxygen atoms in total. The second kappa shape index (κ2) is 6.87. The first kappa shape index (κ1) is 15.0. The zero-order valence-electron chi connectivity index (χ0n) is 12.9. The summed E-state index contributed by atoms with van der Waals surface area (Å²) in [7, 11) is 0. The van der Waals surface area contributed by atoms with Gasteiger partial charge in [0, 0.05) is 30.1 Å². The average molecular weight is 306 g/mol. The number of aromatic nitrogens is 3. The van der Waals surface area contributed by atoms with Crippen LogP contribution in [0.3, 0.4) is 0 Å². The highest BCUT2D eigenvalue weighted by atomic mass is 16.1. The van der Waals surface area contributed by atoms with Gasteiger partial charge in [0.1, 0.15) is 0 Å². The normalized spacial score (nSPS) is 10.5. The lowest BCUT2D eigenvalue weighted by atomic mass is 10.0. The van der Waals surface area contributed by atoms with Crippen molar-refractivity contribution < 1.29 is 4.79 Å². The standard InChI is InChI=1S/C18H18N4O/c1-2-9-20-18(23)15-7-4-10-19-17(15)14-6-3-5-13(12-14)16-8-11-21-22-16/h3-8,10-12H,2,9H2,1H3,(H,20,23)(H,21,22). The fraction of sp³-hybridized carbons (Fsp3) is 0.167. The fourth-order valence-electron chi connectivity index (χ4n) is 2.40. The summed E-state index contributed by atoms with van der Waals surface area (Å²) in [6.45, 7) is 2.68. The number of nitrogens with zero attached hydrogens (tertiary/aromatic N) is 2. The first-order valence-electron chi connectivity index (χ1n) is 7.63. The molecule has 2 aromatic heterocycles. The van der Waals surface area contributed by atoms with Gasteiger partial charge in [-0.15, -0.1) is 0 Å². The maximum atomic E-state index is 12.3. The Morgan fingerprint density at radius 3 is 2.78 bits per heavy atom. The minimum atomic E-state index is -0.0955. The van der Waals surface area contributed by atoms with Gasteiger partial charge in [-0.3, -0.25) is 14.9 Å². The van der Waals surface area contributed by atoms with Crippen LogP contribution in [0.5, 0.6) is 0 Å². The SMILES string of the molecule is CCCNC(=O)c1cccnc1-c1cccc(-c2ccn[nH]2)c1. The Labute approximate surface area is 134 Å². The molecule has 2 heterocycles. The second-order valence-corrected chi connectivity index (χ2v) is 5.21. The van der Waals surface area contributed by atoms with Gasteiger partial charge in [0.25, 0.3) is 5.91 Å². The number of carbonyl (C=O) groups is 1. The highest BCUT2D eigenvalue weighted by molar-refractivity contribution is 6.00. The van der Waals surface area contributed by atoms with Crippen LogP contribution in [0.1, 0.15) is 23.7 Å². The molecule has 0 unspecified atom stereocenters. The van der Waals surface area contributed by atoms with E-state index in [1.54, 1.807) is 24.5 Å². The van der Waals surface area contributed by atoms with Crippen LogP contribution in [0.25, 0.3) is 22.5 Å². The van der Waals surface area contributed by atoms with E-state index in [1.807, 2.05) is 37.3 Å². The van der Waals surface area contributed by atoms with E-state index in [-0.39, 0.29) is 5.91 Å². The summed E-state index contributed by atoms with van der Waals surface area (Å²) in [5.41, 5.74) is 4.11. The number of pyridine rings is 1. The van der Waals surface area contributed by atoms with Crippen molar-refractivity contribution in [1.29, 1.82) is 0 Å². The molecule has 0 aliphatic heterocycles. The van der Waals surface area contributed by atoms with E-state index < -0.39 is 0 Å². The van der Waals surface area contributed by atoms with Crippen molar-refractivity contribution in [2.24, 2.45) is 0 Å². The van der Waals surface area contributed by atoms with Crippen molar-refractivity contribution in [3.05, 3.63) is 60.4 Å². The lowest BCUT2D eigenvalue weighted by Crippen LogP contribution is -2.24. The molecule has 116 valence electrons. The Morgan fingerprint density at radius 1 is 1.13 bits per heavy atom. The van der Waals surface area contributed by atoms with E-state index in [0.717, 1.165) is 23.2 Å².